The van der Waals surface area contributed by atoms with Crippen molar-refractivity contribution in [1.29, 1.82) is 0 Å². The highest BCUT2D eigenvalue weighted by Crippen LogP contribution is 2.22. The minimum atomic E-state index is 0.202. The number of carbonyl (C=O) groups is 1. The van der Waals surface area contributed by atoms with Gasteiger partial charge in [0.1, 0.15) is 5.78 Å². The first-order valence-corrected chi connectivity index (χ1v) is 7.32. The molecular weight excluding hydrogens is 284 g/mol. The lowest BCUT2D eigenvalue weighted by molar-refractivity contribution is -0.120. The zero-order valence-corrected chi connectivity index (χ0v) is 12.1. The van der Waals surface area contributed by atoms with Gasteiger partial charge in [0.2, 0.25) is 0 Å². The molecule has 0 amide bonds. The van der Waals surface area contributed by atoms with E-state index in [0.717, 1.165) is 22.2 Å². The van der Waals surface area contributed by atoms with Gasteiger partial charge in [-0.15, -0.1) is 11.8 Å². The van der Waals surface area contributed by atoms with Crippen LogP contribution in [0.2, 0.25) is 0 Å². The standard InChI is InChI=1S/C13H17BrOS/c1-3-4-10(2)13(15)9-16-12-7-5-11(14)6-8-12/h5-8,10H,3-4,9H2,1-2H3. The molecule has 16 heavy (non-hydrogen) atoms. The molecule has 0 bridgehead atoms. The summed E-state index contributed by atoms with van der Waals surface area (Å²) in [6.45, 7) is 4.14. The van der Waals surface area contributed by atoms with Gasteiger partial charge in [0.25, 0.3) is 0 Å². The monoisotopic (exact) mass is 300 g/mol. The van der Waals surface area contributed by atoms with Gasteiger partial charge in [-0.1, -0.05) is 36.2 Å². The molecule has 0 aliphatic heterocycles. The topological polar surface area (TPSA) is 17.1 Å². The Labute approximate surface area is 110 Å². The van der Waals surface area contributed by atoms with Crippen LogP contribution in [0.1, 0.15) is 26.7 Å². The Bertz CT molecular complexity index is 334. The molecule has 3 heteroatoms. The van der Waals surface area contributed by atoms with Gasteiger partial charge in [-0.3, -0.25) is 4.79 Å². The molecule has 1 atom stereocenters. The van der Waals surface area contributed by atoms with E-state index in [9.17, 15) is 4.79 Å². The lowest BCUT2D eigenvalue weighted by Gasteiger charge is -2.08. The Morgan fingerprint density at radius 1 is 1.38 bits per heavy atom. The average molecular weight is 301 g/mol. The first kappa shape index (κ1) is 13.8. The molecule has 0 aliphatic rings. The maximum Gasteiger partial charge on any atom is 0.145 e. The van der Waals surface area contributed by atoms with Gasteiger partial charge < -0.3 is 0 Å². The molecule has 1 unspecified atom stereocenters. The van der Waals surface area contributed by atoms with Crippen LogP contribution in [0.4, 0.5) is 0 Å². The second-order valence-electron chi connectivity index (χ2n) is 3.90. The molecule has 0 spiro atoms. The zero-order valence-electron chi connectivity index (χ0n) is 9.70. The molecule has 0 saturated heterocycles. The highest BCUT2D eigenvalue weighted by Gasteiger charge is 2.11. The Hall–Kier alpha value is -0.280. The fourth-order valence-electron chi connectivity index (χ4n) is 1.42. The summed E-state index contributed by atoms with van der Waals surface area (Å²) in [6, 6.07) is 8.07. The fraction of sp³-hybridized carbons (Fsp3) is 0.462. The number of Topliss-reactive ketones (excluding diaryl/α,β-unsaturated/α-hetero) is 1. The molecule has 88 valence electrons. The SMILES string of the molecule is CCCC(C)C(=O)CSc1ccc(Br)cc1. The lowest BCUT2D eigenvalue weighted by atomic mass is 10.0. The quantitative estimate of drug-likeness (QED) is 0.717. The number of carbonyl (C=O) groups excluding carboxylic acids is 1. The number of hydrogen-bond acceptors (Lipinski definition) is 2. The predicted molar refractivity (Wildman–Crippen MR) is 73.9 cm³/mol. The van der Waals surface area contributed by atoms with Crippen LogP contribution in [0.5, 0.6) is 0 Å². The molecule has 0 radical (unpaired) electrons. The van der Waals surface area contributed by atoms with E-state index >= 15 is 0 Å². The van der Waals surface area contributed by atoms with E-state index in [1.54, 1.807) is 11.8 Å². The fourth-order valence-corrected chi connectivity index (χ4v) is 2.61. The lowest BCUT2D eigenvalue weighted by Crippen LogP contribution is -2.12. The summed E-state index contributed by atoms with van der Waals surface area (Å²) in [6.07, 6.45) is 2.08. The molecule has 0 fully saturated rings. The molecule has 0 heterocycles. The number of benzene rings is 1. The third-order valence-corrected chi connectivity index (χ3v) is 4.03. The Morgan fingerprint density at radius 2 is 2.00 bits per heavy atom. The van der Waals surface area contributed by atoms with E-state index in [1.807, 2.05) is 31.2 Å². The summed E-state index contributed by atoms with van der Waals surface area (Å²) >= 11 is 5.01. The van der Waals surface area contributed by atoms with Crippen molar-refractivity contribution in [3.63, 3.8) is 0 Å². The molecular formula is C13H17BrOS. The van der Waals surface area contributed by atoms with E-state index in [0.29, 0.717) is 11.5 Å². The van der Waals surface area contributed by atoms with Gasteiger partial charge in [-0.2, -0.15) is 0 Å². The van der Waals surface area contributed by atoms with Crippen LogP contribution in [-0.2, 0) is 4.79 Å². The van der Waals surface area contributed by atoms with Crippen LogP contribution in [-0.4, -0.2) is 11.5 Å². The van der Waals surface area contributed by atoms with Gasteiger partial charge in [-0.05, 0) is 30.7 Å². The largest absolute Gasteiger partial charge is 0.298 e. The summed E-state index contributed by atoms with van der Waals surface area (Å²) in [7, 11) is 0. The van der Waals surface area contributed by atoms with Gasteiger partial charge in [0.15, 0.2) is 0 Å². The van der Waals surface area contributed by atoms with Crippen LogP contribution in [0.25, 0.3) is 0 Å². The van der Waals surface area contributed by atoms with E-state index < -0.39 is 0 Å². The highest BCUT2D eigenvalue weighted by molar-refractivity contribution is 9.10. The highest BCUT2D eigenvalue weighted by atomic mass is 79.9. The third kappa shape index (κ3) is 4.71. The number of rotatable bonds is 6. The number of halogens is 1. The molecule has 0 saturated carbocycles. The first-order chi connectivity index (χ1) is 7.63. The van der Waals surface area contributed by atoms with E-state index in [1.165, 1.54) is 0 Å². The molecule has 0 N–H and O–H groups in total. The second kappa shape index (κ2) is 7.13. The summed E-state index contributed by atoms with van der Waals surface area (Å²) in [4.78, 5) is 12.9. The van der Waals surface area contributed by atoms with Gasteiger partial charge >= 0.3 is 0 Å². The minimum Gasteiger partial charge on any atom is -0.298 e. The zero-order chi connectivity index (χ0) is 12.0. The van der Waals surface area contributed by atoms with Crippen molar-refractivity contribution in [2.24, 2.45) is 5.92 Å². The number of thioether (sulfide) groups is 1. The van der Waals surface area contributed by atoms with Crippen molar-refractivity contribution < 1.29 is 4.79 Å². The Balaban J connectivity index is 2.39. The molecule has 1 nitrogen and oxygen atoms in total. The minimum absolute atomic E-state index is 0.202. The predicted octanol–water partition coefficient (Wildman–Crippen LogP) is 4.55. The van der Waals surface area contributed by atoms with Crippen LogP contribution in [0.15, 0.2) is 33.6 Å². The molecule has 1 aromatic carbocycles. The summed E-state index contributed by atoms with van der Waals surface area (Å²) in [5.41, 5.74) is 0. The van der Waals surface area contributed by atoms with Crippen LogP contribution in [0.3, 0.4) is 0 Å². The van der Waals surface area contributed by atoms with Crippen LogP contribution < -0.4 is 0 Å². The molecule has 1 rings (SSSR count). The average Bonchev–Trinajstić information content (AvgIpc) is 2.28. The third-order valence-electron chi connectivity index (χ3n) is 2.47. The molecule has 0 aliphatic carbocycles. The van der Waals surface area contributed by atoms with E-state index in [4.69, 9.17) is 0 Å². The maximum absolute atomic E-state index is 11.7. The van der Waals surface area contributed by atoms with Crippen molar-refractivity contribution in [3.8, 4) is 0 Å². The molecule has 0 aromatic heterocycles. The van der Waals surface area contributed by atoms with Gasteiger partial charge in [0.05, 0.1) is 5.75 Å². The van der Waals surface area contributed by atoms with Crippen molar-refractivity contribution >= 4 is 33.5 Å². The van der Waals surface area contributed by atoms with E-state index in [-0.39, 0.29) is 5.92 Å². The van der Waals surface area contributed by atoms with Crippen molar-refractivity contribution in [2.75, 3.05) is 5.75 Å². The maximum atomic E-state index is 11.7. The van der Waals surface area contributed by atoms with Crippen LogP contribution in [0, 0.1) is 5.92 Å². The second-order valence-corrected chi connectivity index (χ2v) is 5.86. The molecule has 1 aromatic rings. The normalized spacial score (nSPS) is 12.4. The first-order valence-electron chi connectivity index (χ1n) is 5.54. The van der Waals surface area contributed by atoms with Crippen molar-refractivity contribution in [2.45, 2.75) is 31.6 Å². The van der Waals surface area contributed by atoms with Gasteiger partial charge in [0, 0.05) is 15.3 Å². The Kier molecular flexibility index (Phi) is 6.14. The van der Waals surface area contributed by atoms with Crippen molar-refractivity contribution in [3.05, 3.63) is 28.7 Å². The number of hydrogen-bond donors (Lipinski definition) is 0. The van der Waals surface area contributed by atoms with E-state index in [2.05, 4.69) is 22.9 Å². The number of ketones is 1. The smallest absolute Gasteiger partial charge is 0.145 e. The Morgan fingerprint density at radius 3 is 2.56 bits per heavy atom. The summed E-state index contributed by atoms with van der Waals surface area (Å²) in [5.74, 6) is 1.14. The van der Waals surface area contributed by atoms with Crippen LogP contribution >= 0.6 is 27.7 Å². The van der Waals surface area contributed by atoms with Gasteiger partial charge in [-0.25, -0.2) is 0 Å². The summed E-state index contributed by atoms with van der Waals surface area (Å²) in [5, 5.41) is 0. The van der Waals surface area contributed by atoms with Crippen molar-refractivity contribution in [1.82, 2.24) is 0 Å². The summed E-state index contributed by atoms with van der Waals surface area (Å²) < 4.78 is 1.07.